The SMILES string of the molecule is COc1ccc(C2OC=C(C(N)=O)N2c2cc3sc(N4CCOCC4)nc3nc2N2CCCCC2)cn1. The number of methoxy groups -OCH3 is 1. The van der Waals surface area contributed by atoms with Gasteiger partial charge in [0.25, 0.3) is 5.91 Å². The molecule has 3 aliphatic heterocycles. The number of anilines is 3. The first kappa shape index (κ1) is 23.7. The number of hydrogen-bond donors (Lipinski definition) is 1. The fourth-order valence-electron chi connectivity index (χ4n) is 4.93. The molecular formula is C25H29N7O4S. The van der Waals surface area contributed by atoms with Crippen molar-refractivity contribution in [1.82, 2.24) is 15.0 Å². The monoisotopic (exact) mass is 523 g/mol. The van der Waals surface area contributed by atoms with Crippen LogP contribution < -0.4 is 25.2 Å². The summed E-state index contributed by atoms with van der Waals surface area (Å²) in [5.74, 6) is 0.691. The summed E-state index contributed by atoms with van der Waals surface area (Å²) in [5, 5.41) is 0.923. The fraction of sp³-hybridized carbons (Fsp3) is 0.440. The predicted octanol–water partition coefficient (Wildman–Crippen LogP) is 2.78. The summed E-state index contributed by atoms with van der Waals surface area (Å²) in [6, 6.07) is 5.70. The number of carbonyl (C=O) groups excluding carboxylic acids is 1. The summed E-state index contributed by atoms with van der Waals surface area (Å²) in [6.45, 7) is 4.72. The van der Waals surface area contributed by atoms with Crippen LogP contribution in [0.15, 0.2) is 36.4 Å². The zero-order chi connectivity index (χ0) is 25.4. The second-order valence-corrected chi connectivity index (χ2v) is 10.2. The maximum Gasteiger partial charge on any atom is 0.268 e. The van der Waals surface area contributed by atoms with Crippen LogP contribution in [0, 0.1) is 0 Å². The molecule has 2 N–H and O–H groups in total. The van der Waals surface area contributed by atoms with Crippen LogP contribution in [0.3, 0.4) is 0 Å². The summed E-state index contributed by atoms with van der Waals surface area (Å²) in [4.78, 5) is 33.2. The average molecular weight is 524 g/mol. The largest absolute Gasteiger partial charge is 0.481 e. The minimum absolute atomic E-state index is 0.262. The van der Waals surface area contributed by atoms with E-state index in [0.29, 0.717) is 24.7 Å². The lowest BCUT2D eigenvalue weighted by molar-refractivity contribution is -0.114. The standard InChI is InChI=1S/C25H29N7O4S/c1-34-20-6-5-16(14-27-20)24-32(18(15-36-24)21(26)33)17-13-19-22(28-23(17)30-7-3-2-4-8-30)29-25(37-19)31-9-11-35-12-10-31/h5-6,13-15,24H,2-4,7-12H2,1H3,(H2,26,33). The van der Waals surface area contributed by atoms with Gasteiger partial charge in [0.05, 0.1) is 30.7 Å². The first-order valence-corrected chi connectivity index (χ1v) is 13.3. The molecular weight excluding hydrogens is 494 g/mol. The van der Waals surface area contributed by atoms with Gasteiger partial charge in [-0.1, -0.05) is 11.3 Å². The van der Waals surface area contributed by atoms with Gasteiger partial charge in [0.2, 0.25) is 12.1 Å². The summed E-state index contributed by atoms with van der Waals surface area (Å²) in [6.07, 6.45) is 5.82. The van der Waals surface area contributed by atoms with Crippen molar-refractivity contribution in [2.75, 3.05) is 61.2 Å². The van der Waals surface area contributed by atoms with Crippen molar-refractivity contribution in [3.05, 3.63) is 41.9 Å². The normalized spacial score (nSPS) is 20.2. The number of hydrogen-bond acceptors (Lipinski definition) is 11. The molecule has 1 unspecified atom stereocenters. The molecule has 11 nitrogen and oxygen atoms in total. The van der Waals surface area contributed by atoms with E-state index in [1.807, 2.05) is 11.0 Å². The number of thiazole rings is 1. The number of nitrogens with two attached hydrogens (primary N) is 1. The van der Waals surface area contributed by atoms with Crippen LogP contribution >= 0.6 is 11.3 Å². The van der Waals surface area contributed by atoms with Crippen molar-refractivity contribution < 1.29 is 19.0 Å². The van der Waals surface area contributed by atoms with Gasteiger partial charge in [0.1, 0.15) is 12.0 Å². The highest BCUT2D eigenvalue weighted by Gasteiger charge is 2.37. The third-order valence-electron chi connectivity index (χ3n) is 6.84. The average Bonchev–Trinajstić information content (AvgIpc) is 3.58. The van der Waals surface area contributed by atoms with Crippen LogP contribution in [0.5, 0.6) is 5.88 Å². The maximum absolute atomic E-state index is 12.6. The lowest BCUT2D eigenvalue weighted by Crippen LogP contribution is -2.36. The quantitative estimate of drug-likeness (QED) is 0.516. The second-order valence-electron chi connectivity index (χ2n) is 9.16. The zero-order valence-electron chi connectivity index (χ0n) is 20.6. The number of amides is 1. The zero-order valence-corrected chi connectivity index (χ0v) is 21.4. The Hall–Kier alpha value is -3.64. The van der Waals surface area contributed by atoms with Crippen molar-refractivity contribution >= 4 is 44.2 Å². The summed E-state index contributed by atoms with van der Waals surface area (Å²) < 4.78 is 17.7. The second kappa shape index (κ2) is 10.0. The molecule has 0 aliphatic carbocycles. The molecule has 0 saturated carbocycles. The molecule has 12 heteroatoms. The molecule has 3 aromatic rings. The van der Waals surface area contributed by atoms with Crippen molar-refractivity contribution in [2.45, 2.75) is 25.5 Å². The fourth-order valence-corrected chi connectivity index (χ4v) is 5.92. The molecule has 3 aromatic heterocycles. The number of fused-ring (bicyclic) bond motifs is 1. The van der Waals surface area contributed by atoms with E-state index in [1.165, 1.54) is 12.7 Å². The van der Waals surface area contributed by atoms with Gasteiger partial charge >= 0.3 is 0 Å². The molecule has 37 heavy (non-hydrogen) atoms. The highest BCUT2D eigenvalue weighted by Crippen LogP contribution is 2.44. The van der Waals surface area contributed by atoms with Crippen LogP contribution in [-0.4, -0.2) is 67.4 Å². The molecule has 194 valence electrons. The highest BCUT2D eigenvalue weighted by atomic mass is 32.1. The van der Waals surface area contributed by atoms with Gasteiger partial charge in [-0.2, -0.15) is 4.98 Å². The van der Waals surface area contributed by atoms with Crippen LogP contribution in [-0.2, 0) is 14.3 Å². The third-order valence-corrected chi connectivity index (χ3v) is 7.89. The van der Waals surface area contributed by atoms with E-state index in [9.17, 15) is 4.79 Å². The van der Waals surface area contributed by atoms with Crippen molar-refractivity contribution in [3.8, 4) is 5.88 Å². The minimum Gasteiger partial charge on any atom is -0.481 e. The van der Waals surface area contributed by atoms with E-state index in [2.05, 4.69) is 20.9 Å². The number of nitrogens with zero attached hydrogens (tertiary/aromatic N) is 6. The van der Waals surface area contributed by atoms with Gasteiger partial charge in [-0.05, 0) is 31.4 Å². The smallest absolute Gasteiger partial charge is 0.268 e. The molecule has 3 aliphatic rings. The number of primary amides is 1. The molecule has 0 aromatic carbocycles. The Balaban J connectivity index is 1.47. The van der Waals surface area contributed by atoms with Gasteiger partial charge in [0.15, 0.2) is 16.6 Å². The third kappa shape index (κ3) is 4.51. The number of rotatable bonds is 6. The van der Waals surface area contributed by atoms with Crippen molar-refractivity contribution in [2.24, 2.45) is 5.73 Å². The Morgan fingerprint density at radius 1 is 1.11 bits per heavy atom. The van der Waals surface area contributed by atoms with Gasteiger partial charge < -0.3 is 29.7 Å². The summed E-state index contributed by atoms with van der Waals surface area (Å²) in [7, 11) is 1.57. The molecule has 2 saturated heterocycles. The van der Waals surface area contributed by atoms with Crippen LogP contribution in [0.2, 0.25) is 0 Å². The number of morpholine rings is 1. The van der Waals surface area contributed by atoms with Crippen molar-refractivity contribution in [1.29, 1.82) is 0 Å². The molecule has 6 rings (SSSR count). The van der Waals surface area contributed by atoms with E-state index in [-0.39, 0.29) is 5.70 Å². The van der Waals surface area contributed by atoms with E-state index >= 15 is 0 Å². The Morgan fingerprint density at radius 2 is 1.92 bits per heavy atom. The number of ether oxygens (including phenoxy) is 3. The molecule has 0 radical (unpaired) electrons. The molecule has 2 fully saturated rings. The van der Waals surface area contributed by atoms with E-state index < -0.39 is 12.1 Å². The van der Waals surface area contributed by atoms with Gasteiger partial charge in [-0.15, -0.1) is 0 Å². The van der Waals surface area contributed by atoms with Crippen molar-refractivity contribution in [3.63, 3.8) is 0 Å². The van der Waals surface area contributed by atoms with E-state index in [4.69, 9.17) is 29.9 Å². The van der Waals surface area contributed by atoms with Crippen LogP contribution in [0.25, 0.3) is 10.3 Å². The van der Waals surface area contributed by atoms with E-state index in [1.54, 1.807) is 30.7 Å². The lowest BCUT2D eigenvalue weighted by Gasteiger charge is -2.34. The number of piperidine rings is 1. The summed E-state index contributed by atoms with van der Waals surface area (Å²) >= 11 is 1.59. The van der Waals surface area contributed by atoms with E-state index in [0.717, 1.165) is 65.9 Å². The maximum atomic E-state index is 12.6. The Bertz CT molecular complexity index is 1320. The topological polar surface area (TPSA) is 119 Å². The molecule has 1 amide bonds. The van der Waals surface area contributed by atoms with Crippen LogP contribution in [0.1, 0.15) is 31.1 Å². The molecule has 0 bridgehead atoms. The minimum atomic E-state index is -0.629. The Morgan fingerprint density at radius 3 is 2.62 bits per heavy atom. The number of carbonyl (C=O) groups is 1. The predicted molar refractivity (Wildman–Crippen MR) is 141 cm³/mol. The van der Waals surface area contributed by atoms with Gasteiger partial charge in [-0.25, -0.2) is 9.97 Å². The number of aromatic nitrogens is 3. The number of pyridine rings is 2. The Kier molecular flexibility index (Phi) is 6.43. The highest BCUT2D eigenvalue weighted by molar-refractivity contribution is 7.22. The lowest BCUT2D eigenvalue weighted by atomic mass is 10.1. The first-order valence-electron chi connectivity index (χ1n) is 12.5. The molecule has 1 atom stereocenters. The molecule has 6 heterocycles. The van der Waals surface area contributed by atoms with Gasteiger partial charge in [0, 0.05) is 44.0 Å². The Labute approximate surface area is 218 Å². The van der Waals surface area contributed by atoms with Crippen LogP contribution in [0.4, 0.5) is 16.6 Å². The molecule has 0 spiro atoms. The first-order chi connectivity index (χ1) is 18.1. The van der Waals surface area contributed by atoms with Gasteiger partial charge in [-0.3, -0.25) is 9.69 Å². The summed E-state index contributed by atoms with van der Waals surface area (Å²) in [5.41, 5.74) is 8.31.